The summed E-state index contributed by atoms with van der Waals surface area (Å²) in [5, 5.41) is 3.59. The van der Waals surface area contributed by atoms with Crippen molar-refractivity contribution in [2.75, 3.05) is 35.9 Å². The number of amides is 2. The molecular weight excluding hydrogens is 418 g/mol. The summed E-state index contributed by atoms with van der Waals surface area (Å²) in [4.78, 5) is 25.2. The first-order valence-corrected chi connectivity index (χ1v) is 10.1. The lowest BCUT2D eigenvalue weighted by atomic mass is 10.1. The first-order valence-electron chi connectivity index (χ1n) is 9.72. The minimum Gasteiger partial charge on any atom is -0.497 e. The largest absolute Gasteiger partial charge is 0.497 e. The molecule has 0 unspecified atom stereocenters. The van der Waals surface area contributed by atoms with Crippen molar-refractivity contribution in [3.63, 3.8) is 0 Å². The van der Waals surface area contributed by atoms with Crippen LogP contribution in [-0.4, -0.2) is 36.8 Å². The molecule has 3 heterocycles. The first-order chi connectivity index (χ1) is 15.0. The van der Waals surface area contributed by atoms with Gasteiger partial charge in [0, 0.05) is 54.6 Å². The second-order valence-electron chi connectivity index (χ2n) is 6.83. The molecule has 2 amide bonds. The predicted molar refractivity (Wildman–Crippen MR) is 121 cm³/mol. The van der Waals surface area contributed by atoms with Gasteiger partial charge in [-0.15, -0.1) is 0 Å². The van der Waals surface area contributed by atoms with Gasteiger partial charge >= 0.3 is 6.03 Å². The molecule has 0 spiro atoms. The topological polar surface area (TPSA) is 79.8 Å². The molecule has 1 aromatic carbocycles. The molecule has 160 valence electrons. The molecule has 0 bridgehead atoms. The Kier molecular flexibility index (Phi) is 5.81. The van der Waals surface area contributed by atoms with Crippen LogP contribution in [0, 0.1) is 0 Å². The fourth-order valence-corrected chi connectivity index (χ4v) is 3.79. The van der Waals surface area contributed by atoms with Gasteiger partial charge in [-0.2, -0.15) is 0 Å². The zero-order chi connectivity index (χ0) is 22.0. The third kappa shape index (κ3) is 3.94. The van der Waals surface area contributed by atoms with Gasteiger partial charge in [0.1, 0.15) is 22.3 Å². The fraction of sp³-hybridized carbons (Fsp3) is 0.227. The van der Waals surface area contributed by atoms with Crippen LogP contribution in [0.2, 0.25) is 5.02 Å². The van der Waals surface area contributed by atoms with Crippen LogP contribution < -0.4 is 24.6 Å². The smallest absolute Gasteiger partial charge is 0.329 e. The highest BCUT2D eigenvalue weighted by Gasteiger charge is 2.33. The number of anilines is 4. The SMILES string of the molecule is CCN1C(=O)N(c2cc(OC)cc(OC)c2Cl)Cc2cnc(Nc3ccncc3)cc21. The number of carbonyl (C=O) groups is 1. The molecule has 1 aliphatic heterocycles. The van der Waals surface area contributed by atoms with E-state index in [2.05, 4.69) is 15.3 Å². The summed E-state index contributed by atoms with van der Waals surface area (Å²) in [5.74, 6) is 1.63. The predicted octanol–water partition coefficient (Wildman–Crippen LogP) is 4.86. The number of nitrogens with zero attached hydrogens (tertiary/aromatic N) is 4. The third-order valence-electron chi connectivity index (χ3n) is 5.05. The Morgan fingerprint density at radius 2 is 1.90 bits per heavy atom. The number of benzene rings is 1. The van der Waals surface area contributed by atoms with Crippen LogP contribution in [0.3, 0.4) is 0 Å². The molecule has 0 saturated carbocycles. The van der Waals surface area contributed by atoms with Crippen LogP contribution in [-0.2, 0) is 6.54 Å². The van der Waals surface area contributed by atoms with Crippen LogP contribution in [0.15, 0.2) is 48.9 Å². The molecule has 0 atom stereocenters. The lowest BCUT2D eigenvalue weighted by molar-refractivity contribution is 0.250. The maximum Gasteiger partial charge on any atom is 0.329 e. The van der Waals surface area contributed by atoms with E-state index in [1.807, 2.05) is 25.1 Å². The lowest BCUT2D eigenvalue weighted by Crippen LogP contribution is -2.47. The monoisotopic (exact) mass is 439 g/mol. The van der Waals surface area contributed by atoms with Gasteiger partial charge in [-0.1, -0.05) is 11.6 Å². The Morgan fingerprint density at radius 1 is 1.13 bits per heavy atom. The summed E-state index contributed by atoms with van der Waals surface area (Å²) in [5.41, 5.74) is 3.09. The summed E-state index contributed by atoms with van der Waals surface area (Å²) in [7, 11) is 3.08. The molecule has 1 N–H and O–H groups in total. The van der Waals surface area contributed by atoms with Crippen LogP contribution in [0.1, 0.15) is 12.5 Å². The number of ether oxygens (including phenoxy) is 2. The number of fused-ring (bicyclic) bond motifs is 1. The lowest BCUT2D eigenvalue weighted by Gasteiger charge is -2.37. The number of aromatic nitrogens is 2. The standard InChI is InChI=1S/C22H22ClN5O3/c1-4-27-17-11-20(26-15-5-7-24-8-6-15)25-12-14(17)13-28(22(27)29)18-9-16(30-2)10-19(31-3)21(18)23/h5-12H,4,13H2,1-3H3,(H,24,25,26). The van der Waals surface area contributed by atoms with Gasteiger partial charge in [0.2, 0.25) is 0 Å². The van der Waals surface area contributed by atoms with Gasteiger partial charge in [-0.3, -0.25) is 14.8 Å². The molecule has 3 aromatic rings. The Bertz CT molecular complexity index is 1110. The van der Waals surface area contributed by atoms with Crippen LogP contribution in [0.5, 0.6) is 11.5 Å². The van der Waals surface area contributed by atoms with Crippen molar-refractivity contribution in [2.24, 2.45) is 0 Å². The number of hydrogen-bond donors (Lipinski definition) is 1. The third-order valence-corrected chi connectivity index (χ3v) is 5.43. The van der Waals surface area contributed by atoms with Gasteiger partial charge < -0.3 is 14.8 Å². The maximum absolute atomic E-state index is 13.4. The summed E-state index contributed by atoms with van der Waals surface area (Å²) >= 11 is 6.55. The highest BCUT2D eigenvalue weighted by molar-refractivity contribution is 6.35. The molecule has 0 aliphatic carbocycles. The van der Waals surface area contributed by atoms with E-state index in [4.69, 9.17) is 21.1 Å². The fourth-order valence-electron chi connectivity index (χ4n) is 3.50. The van der Waals surface area contributed by atoms with Crippen LogP contribution in [0.4, 0.5) is 27.7 Å². The van der Waals surface area contributed by atoms with Crippen molar-refractivity contribution in [1.29, 1.82) is 0 Å². The van der Waals surface area contributed by atoms with Crippen molar-refractivity contribution < 1.29 is 14.3 Å². The van der Waals surface area contributed by atoms with E-state index in [1.165, 1.54) is 7.11 Å². The van der Waals surface area contributed by atoms with E-state index in [0.29, 0.717) is 41.1 Å². The highest BCUT2D eigenvalue weighted by Crippen LogP contribution is 2.42. The second-order valence-corrected chi connectivity index (χ2v) is 7.21. The Morgan fingerprint density at radius 3 is 2.58 bits per heavy atom. The highest BCUT2D eigenvalue weighted by atomic mass is 35.5. The summed E-state index contributed by atoms with van der Waals surface area (Å²) in [6.45, 7) is 2.73. The average molecular weight is 440 g/mol. The molecule has 0 radical (unpaired) electrons. The summed E-state index contributed by atoms with van der Waals surface area (Å²) < 4.78 is 10.7. The molecule has 0 saturated heterocycles. The Labute approximate surface area is 185 Å². The van der Waals surface area contributed by atoms with E-state index in [1.54, 1.807) is 47.6 Å². The van der Waals surface area contributed by atoms with Crippen molar-refractivity contribution in [3.05, 3.63) is 59.5 Å². The van der Waals surface area contributed by atoms with E-state index in [0.717, 1.165) is 16.9 Å². The number of rotatable bonds is 6. The summed E-state index contributed by atoms with van der Waals surface area (Å²) in [6, 6.07) is 8.81. The zero-order valence-corrected chi connectivity index (χ0v) is 18.2. The average Bonchev–Trinajstić information content (AvgIpc) is 2.80. The number of hydrogen-bond acceptors (Lipinski definition) is 6. The van der Waals surface area contributed by atoms with Crippen molar-refractivity contribution in [3.8, 4) is 11.5 Å². The molecule has 1 aliphatic rings. The number of halogens is 1. The van der Waals surface area contributed by atoms with Crippen molar-refractivity contribution in [1.82, 2.24) is 9.97 Å². The second kappa shape index (κ2) is 8.69. The normalized spacial score (nSPS) is 13.1. The molecular formula is C22H22ClN5O3. The van der Waals surface area contributed by atoms with E-state index >= 15 is 0 Å². The van der Waals surface area contributed by atoms with Gasteiger partial charge in [0.15, 0.2) is 0 Å². The number of pyridine rings is 2. The molecule has 9 heteroatoms. The number of nitrogens with one attached hydrogen (secondary N) is 1. The maximum atomic E-state index is 13.4. The minimum absolute atomic E-state index is 0.187. The minimum atomic E-state index is -0.187. The quantitative estimate of drug-likeness (QED) is 0.591. The van der Waals surface area contributed by atoms with Crippen LogP contribution >= 0.6 is 11.6 Å². The first kappa shape index (κ1) is 20.7. The molecule has 2 aromatic heterocycles. The van der Waals surface area contributed by atoms with Crippen LogP contribution in [0.25, 0.3) is 0 Å². The van der Waals surface area contributed by atoms with E-state index in [9.17, 15) is 4.79 Å². The molecule has 0 fully saturated rings. The van der Waals surface area contributed by atoms with Gasteiger partial charge in [0.05, 0.1) is 32.1 Å². The van der Waals surface area contributed by atoms with Gasteiger partial charge in [-0.05, 0) is 19.1 Å². The molecule has 4 rings (SSSR count). The van der Waals surface area contributed by atoms with Gasteiger partial charge in [-0.25, -0.2) is 9.78 Å². The molecule has 31 heavy (non-hydrogen) atoms. The molecule has 8 nitrogen and oxygen atoms in total. The van der Waals surface area contributed by atoms with Crippen molar-refractivity contribution in [2.45, 2.75) is 13.5 Å². The van der Waals surface area contributed by atoms with E-state index in [-0.39, 0.29) is 6.03 Å². The van der Waals surface area contributed by atoms with Crippen molar-refractivity contribution >= 4 is 40.5 Å². The Hall–Kier alpha value is -3.52. The summed E-state index contributed by atoms with van der Waals surface area (Å²) in [6.07, 6.45) is 5.17. The number of urea groups is 1. The van der Waals surface area contributed by atoms with Gasteiger partial charge in [0.25, 0.3) is 0 Å². The Balaban J connectivity index is 1.72. The van der Waals surface area contributed by atoms with E-state index < -0.39 is 0 Å². The zero-order valence-electron chi connectivity index (χ0n) is 17.4. The number of methoxy groups -OCH3 is 2. The number of carbonyl (C=O) groups excluding carboxylic acids is 1.